The summed E-state index contributed by atoms with van der Waals surface area (Å²) in [5.41, 5.74) is 5.91. The molecule has 1 aliphatic heterocycles. The summed E-state index contributed by atoms with van der Waals surface area (Å²) < 4.78 is 4.80. The second-order valence-electron chi connectivity index (χ2n) is 5.87. The van der Waals surface area contributed by atoms with Gasteiger partial charge < -0.3 is 15.4 Å². The van der Waals surface area contributed by atoms with Crippen LogP contribution in [0.4, 0.5) is 0 Å². The van der Waals surface area contributed by atoms with Gasteiger partial charge >= 0.3 is 5.97 Å². The van der Waals surface area contributed by atoms with Gasteiger partial charge in [0.25, 0.3) is 0 Å². The lowest BCUT2D eigenvalue weighted by Gasteiger charge is -2.36. The topological polar surface area (TPSA) is 72.6 Å². The van der Waals surface area contributed by atoms with Crippen LogP contribution >= 0.6 is 0 Å². The molecule has 1 heterocycles. The average molecular weight is 268 g/mol. The smallest absolute Gasteiger partial charge is 0.328 e. The number of esters is 1. The maximum absolute atomic E-state index is 12.4. The van der Waals surface area contributed by atoms with Gasteiger partial charge in [-0.2, -0.15) is 0 Å². The number of piperidine rings is 1. The molecule has 108 valence electrons. The Morgan fingerprint density at radius 2 is 1.95 bits per heavy atom. The lowest BCUT2D eigenvalue weighted by molar-refractivity contribution is -0.155. The third kappa shape index (κ3) is 3.26. The van der Waals surface area contributed by atoms with Gasteiger partial charge in [0.1, 0.15) is 6.04 Å². The first-order valence-electron chi connectivity index (χ1n) is 7.22. The highest BCUT2D eigenvalue weighted by Crippen LogP contribution is 2.31. The van der Waals surface area contributed by atoms with Crippen LogP contribution in [0.2, 0.25) is 0 Å². The van der Waals surface area contributed by atoms with Crippen LogP contribution < -0.4 is 5.73 Å². The number of nitrogens with zero attached hydrogens (tertiary/aromatic N) is 1. The van der Waals surface area contributed by atoms with E-state index in [4.69, 9.17) is 10.5 Å². The fourth-order valence-electron chi connectivity index (χ4n) is 3.27. The van der Waals surface area contributed by atoms with Crippen molar-refractivity contribution >= 4 is 11.9 Å². The molecule has 19 heavy (non-hydrogen) atoms. The largest absolute Gasteiger partial charge is 0.467 e. The molecule has 2 rings (SSSR count). The minimum atomic E-state index is -0.406. The third-order valence-electron chi connectivity index (χ3n) is 4.40. The van der Waals surface area contributed by atoms with Crippen LogP contribution in [0.25, 0.3) is 0 Å². The number of likely N-dealkylation sites (tertiary alicyclic amines) is 1. The number of rotatable bonds is 3. The summed E-state index contributed by atoms with van der Waals surface area (Å²) in [5.74, 6) is -0.287. The second-order valence-corrected chi connectivity index (χ2v) is 5.87. The van der Waals surface area contributed by atoms with E-state index in [0.717, 1.165) is 38.5 Å². The molecule has 1 saturated carbocycles. The van der Waals surface area contributed by atoms with Crippen LogP contribution in [0.5, 0.6) is 0 Å². The molecule has 1 aliphatic carbocycles. The van der Waals surface area contributed by atoms with Gasteiger partial charge in [-0.15, -0.1) is 0 Å². The molecule has 2 N–H and O–H groups in total. The molecule has 1 unspecified atom stereocenters. The monoisotopic (exact) mass is 268 g/mol. The number of amides is 1. The molecule has 0 aromatic heterocycles. The molecule has 0 aromatic carbocycles. The number of hydrogen-bond acceptors (Lipinski definition) is 4. The number of carbonyl (C=O) groups is 2. The lowest BCUT2D eigenvalue weighted by atomic mass is 9.92. The van der Waals surface area contributed by atoms with Crippen LogP contribution in [-0.4, -0.2) is 42.0 Å². The van der Waals surface area contributed by atoms with E-state index in [2.05, 4.69) is 0 Å². The molecular weight excluding hydrogens is 244 g/mol. The molecular formula is C14H24N2O3. The number of ether oxygens (including phenoxy) is 1. The predicted octanol–water partition coefficient (Wildman–Crippen LogP) is 1.20. The summed E-state index contributed by atoms with van der Waals surface area (Å²) in [5, 5.41) is 0. The van der Waals surface area contributed by atoms with E-state index in [1.807, 2.05) is 0 Å². The minimum Gasteiger partial charge on any atom is -0.467 e. The first kappa shape index (κ1) is 14.3. The number of hydrogen-bond donors (Lipinski definition) is 1. The molecule has 5 nitrogen and oxygen atoms in total. The maximum atomic E-state index is 12.4. The van der Waals surface area contributed by atoms with E-state index < -0.39 is 6.04 Å². The zero-order chi connectivity index (χ0) is 13.9. The van der Waals surface area contributed by atoms with Crippen LogP contribution in [0.15, 0.2) is 0 Å². The average Bonchev–Trinajstić information content (AvgIpc) is 2.84. The Morgan fingerprint density at radius 3 is 2.58 bits per heavy atom. The summed E-state index contributed by atoms with van der Waals surface area (Å²) in [4.78, 5) is 25.9. The van der Waals surface area contributed by atoms with Crippen LogP contribution in [0, 0.1) is 0 Å². The van der Waals surface area contributed by atoms with Crippen molar-refractivity contribution in [1.29, 1.82) is 0 Å². The van der Waals surface area contributed by atoms with E-state index >= 15 is 0 Å². The molecule has 2 aliphatic rings. The van der Waals surface area contributed by atoms with Gasteiger partial charge in [-0.1, -0.05) is 12.8 Å². The van der Waals surface area contributed by atoms with Crippen LogP contribution in [0.3, 0.4) is 0 Å². The number of methoxy groups -OCH3 is 1. The Hall–Kier alpha value is -1.10. The maximum Gasteiger partial charge on any atom is 0.328 e. The van der Waals surface area contributed by atoms with Crippen molar-refractivity contribution in [2.24, 2.45) is 5.73 Å². The Morgan fingerprint density at radius 1 is 1.26 bits per heavy atom. The fourth-order valence-corrected chi connectivity index (χ4v) is 3.27. The highest BCUT2D eigenvalue weighted by molar-refractivity contribution is 5.85. The van der Waals surface area contributed by atoms with Crippen molar-refractivity contribution in [2.75, 3.05) is 13.7 Å². The van der Waals surface area contributed by atoms with Gasteiger partial charge in [0.15, 0.2) is 0 Å². The molecule has 2 fully saturated rings. The Bertz CT molecular complexity index is 351. The molecule has 5 heteroatoms. The zero-order valence-electron chi connectivity index (χ0n) is 11.7. The van der Waals surface area contributed by atoms with E-state index in [1.54, 1.807) is 4.90 Å². The third-order valence-corrected chi connectivity index (χ3v) is 4.40. The minimum absolute atomic E-state index is 0.0134. The standard InChI is InChI=1S/C14H24N2O3/c1-19-13(18)11-6-2-5-9-16(11)12(17)10-14(15)7-3-4-8-14/h11H,2-10,15H2,1H3. The number of carbonyl (C=O) groups excluding carboxylic acids is 2. The van der Waals surface area contributed by atoms with Crippen molar-refractivity contribution in [1.82, 2.24) is 4.90 Å². The normalized spacial score (nSPS) is 26.2. The first-order valence-corrected chi connectivity index (χ1v) is 7.22. The van der Waals surface area contributed by atoms with Crippen molar-refractivity contribution < 1.29 is 14.3 Å². The first-order chi connectivity index (χ1) is 9.06. The Kier molecular flexibility index (Phi) is 4.45. The van der Waals surface area contributed by atoms with Gasteiger partial charge in [0.05, 0.1) is 7.11 Å². The number of nitrogens with two attached hydrogens (primary N) is 1. The van der Waals surface area contributed by atoms with Gasteiger partial charge in [-0.05, 0) is 32.1 Å². The van der Waals surface area contributed by atoms with Gasteiger partial charge in [-0.3, -0.25) is 4.79 Å². The summed E-state index contributed by atoms with van der Waals surface area (Å²) in [6.07, 6.45) is 7.02. The van der Waals surface area contributed by atoms with Crippen molar-refractivity contribution in [3.63, 3.8) is 0 Å². The van der Waals surface area contributed by atoms with Crippen LogP contribution in [0.1, 0.15) is 51.4 Å². The van der Waals surface area contributed by atoms with E-state index in [9.17, 15) is 9.59 Å². The molecule has 0 radical (unpaired) electrons. The van der Waals surface area contributed by atoms with E-state index in [-0.39, 0.29) is 17.4 Å². The summed E-state index contributed by atoms with van der Waals surface area (Å²) >= 11 is 0. The van der Waals surface area contributed by atoms with E-state index in [0.29, 0.717) is 19.4 Å². The highest BCUT2D eigenvalue weighted by Gasteiger charge is 2.38. The molecule has 0 spiro atoms. The summed E-state index contributed by atoms with van der Waals surface area (Å²) in [7, 11) is 1.38. The summed E-state index contributed by atoms with van der Waals surface area (Å²) in [6.45, 7) is 0.648. The second kappa shape index (κ2) is 5.90. The molecule has 1 amide bonds. The quantitative estimate of drug-likeness (QED) is 0.781. The molecule has 1 atom stereocenters. The van der Waals surface area contributed by atoms with Gasteiger partial charge in [-0.25, -0.2) is 4.79 Å². The van der Waals surface area contributed by atoms with Crippen molar-refractivity contribution in [2.45, 2.75) is 62.9 Å². The molecule has 0 aromatic rings. The SMILES string of the molecule is COC(=O)C1CCCCN1C(=O)CC1(N)CCCC1. The zero-order valence-corrected chi connectivity index (χ0v) is 11.7. The van der Waals surface area contributed by atoms with Crippen LogP contribution in [-0.2, 0) is 14.3 Å². The van der Waals surface area contributed by atoms with Gasteiger partial charge in [0.2, 0.25) is 5.91 Å². The van der Waals surface area contributed by atoms with Crippen molar-refractivity contribution in [3.05, 3.63) is 0 Å². The fraction of sp³-hybridized carbons (Fsp3) is 0.857. The van der Waals surface area contributed by atoms with E-state index in [1.165, 1.54) is 7.11 Å². The Labute approximate surface area is 114 Å². The molecule has 1 saturated heterocycles. The predicted molar refractivity (Wildman–Crippen MR) is 71.4 cm³/mol. The Balaban J connectivity index is 2.01. The molecule has 0 bridgehead atoms. The highest BCUT2D eigenvalue weighted by atomic mass is 16.5. The summed E-state index contributed by atoms with van der Waals surface area (Å²) in [6, 6.07) is -0.406. The van der Waals surface area contributed by atoms with Crippen molar-refractivity contribution in [3.8, 4) is 0 Å². The lowest BCUT2D eigenvalue weighted by Crippen LogP contribution is -2.51. The van der Waals surface area contributed by atoms with Gasteiger partial charge in [0, 0.05) is 18.5 Å².